The summed E-state index contributed by atoms with van der Waals surface area (Å²) in [6, 6.07) is 5.58. The van der Waals surface area contributed by atoms with Crippen molar-refractivity contribution in [3.8, 4) is 0 Å². The number of carbonyl (C=O) groups is 1. The monoisotopic (exact) mass is 358 g/mol. The summed E-state index contributed by atoms with van der Waals surface area (Å²) in [6.07, 6.45) is 1.37. The molecule has 1 saturated heterocycles. The molecule has 6 heteroatoms. The first-order valence-electron chi connectivity index (χ1n) is 7.80. The van der Waals surface area contributed by atoms with Crippen LogP contribution < -0.4 is 10.6 Å². The summed E-state index contributed by atoms with van der Waals surface area (Å²) in [5.41, 5.74) is 0.0500. The van der Waals surface area contributed by atoms with Gasteiger partial charge in [0.1, 0.15) is 5.60 Å². The number of hydrogen-bond donors (Lipinski definition) is 2. The lowest BCUT2D eigenvalue weighted by molar-refractivity contribution is -0.146. The van der Waals surface area contributed by atoms with Gasteiger partial charge in [-0.1, -0.05) is 43.1 Å². The van der Waals surface area contributed by atoms with Gasteiger partial charge in [0.25, 0.3) is 5.91 Å². The summed E-state index contributed by atoms with van der Waals surface area (Å²) in [5.74, 6) is -0.0466. The highest BCUT2D eigenvalue weighted by molar-refractivity contribution is 6.42. The SMILES string of the molecule is COC1(C(=O)NCC(C)(C)c2ccc(Cl)c(Cl)c2)CCNCC1. The smallest absolute Gasteiger partial charge is 0.252 e. The second kappa shape index (κ2) is 7.39. The van der Waals surface area contributed by atoms with E-state index >= 15 is 0 Å². The van der Waals surface area contributed by atoms with E-state index < -0.39 is 5.60 Å². The molecule has 4 nitrogen and oxygen atoms in total. The molecule has 0 bridgehead atoms. The Morgan fingerprint density at radius 2 is 1.96 bits per heavy atom. The Morgan fingerprint density at radius 1 is 1.30 bits per heavy atom. The van der Waals surface area contributed by atoms with E-state index in [1.54, 1.807) is 13.2 Å². The highest BCUT2D eigenvalue weighted by Crippen LogP contribution is 2.30. The Labute approximate surface area is 147 Å². The number of nitrogens with one attached hydrogen (secondary N) is 2. The van der Waals surface area contributed by atoms with E-state index in [0.717, 1.165) is 18.7 Å². The molecule has 0 saturated carbocycles. The number of halogens is 2. The van der Waals surface area contributed by atoms with Crippen molar-refractivity contribution in [2.24, 2.45) is 0 Å². The molecule has 1 aliphatic heterocycles. The molecule has 128 valence electrons. The number of piperidine rings is 1. The van der Waals surface area contributed by atoms with Crippen molar-refractivity contribution < 1.29 is 9.53 Å². The number of amides is 1. The summed E-state index contributed by atoms with van der Waals surface area (Å²) in [5, 5.41) is 7.35. The second-order valence-corrected chi connectivity index (χ2v) is 7.46. The molecule has 0 aromatic heterocycles. The minimum Gasteiger partial charge on any atom is -0.368 e. The number of benzene rings is 1. The summed E-state index contributed by atoms with van der Waals surface area (Å²) in [4.78, 5) is 12.6. The minimum atomic E-state index is -0.723. The van der Waals surface area contributed by atoms with Crippen LogP contribution in [0.15, 0.2) is 18.2 Å². The lowest BCUT2D eigenvalue weighted by Crippen LogP contribution is -2.55. The lowest BCUT2D eigenvalue weighted by atomic mass is 9.84. The molecule has 0 aliphatic carbocycles. The van der Waals surface area contributed by atoms with Crippen LogP contribution in [0.2, 0.25) is 10.0 Å². The Kier molecular flexibility index (Phi) is 5.95. The molecule has 1 amide bonds. The molecule has 1 heterocycles. The molecule has 1 fully saturated rings. The quantitative estimate of drug-likeness (QED) is 0.849. The minimum absolute atomic E-state index is 0.0466. The molecule has 23 heavy (non-hydrogen) atoms. The predicted octanol–water partition coefficient (Wildman–Crippen LogP) is 3.16. The number of methoxy groups -OCH3 is 1. The summed E-state index contributed by atoms with van der Waals surface area (Å²) in [7, 11) is 1.61. The number of hydrogen-bond acceptors (Lipinski definition) is 3. The molecule has 1 aliphatic rings. The normalized spacial score (nSPS) is 17.8. The van der Waals surface area contributed by atoms with Gasteiger partial charge in [0.2, 0.25) is 0 Å². The van der Waals surface area contributed by atoms with E-state index in [1.165, 1.54) is 0 Å². The van der Waals surface area contributed by atoms with Crippen LogP contribution >= 0.6 is 23.2 Å². The molecular formula is C17H24Cl2N2O2. The summed E-state index contributed by atoms with van der Waals surface area (Å²) < 4.78 is 5.56. The van der Waals surface area contributed by atoms with Crippen LogP contribution in [0, 0.1) is 0 Å². The van der Waals surface area contributed by atoms with Crippen LogP contribution in [-0.2, 0) is 14.9 Å². The standard InChI is InChI=1S/C17H24Cl2N2O2/c1-16(2,12-4-5-13(18)14(19)10-12)11-21-15(22)17(23-3)6-8-20-9-7-17/h4-5,10,20H,6-9,11H2,1-3H3,(H,21,22). The number of carbonyl (C=O) groups excluding carboxylic acids is 1. The molecule has 2 N–H and O–H groups in total. The van der Waals surface area contributed by atoms with Gasteiger partial charge in [-0.2, -0.15) is 0 Å². The zero-order valence-electron chi connectivity index (χ0n) is 13.8. The van der Waals surface area contributed by atoms with E-state index in [4.69, 9.17) is 27.9 Å². The molecule has 0 radical (unpaired) electrons. The van der Waals surface area contributed by atoms with Gasteiger partial charge in [-0.3, -0.25) is 4.79 Å². The van der Waals surface area contributed by atoms with Gasteiger partial charge < -0.3 is 15.4 Å². The van der Waals surface area contributed by atoms with E-state index in [2.05, 4.69) is 24.5 Å². The largest absolute Gasteiger partial charge is 0.368 e. The van der Waals surface area contributed by atoms with Crippen LogP contribution in [0.4, 0.5) is 0 Å². The van der Waals surface area contributed by atoms with E-state index in [1.807, 2.05) is 12.1 Å². The maximum atomic E-state index is 12.6. The fourth-order valence-electron chi connectivity index (χ4n) is 2.84. The number of ether oxygens (including phenoxy) is 1. The maximum absolute atomic E-state index is 12.6. The van der Waals surface area contributed by atoms with Crippen molar-refractivity contribution in [3.05, 3.63) is 33.8 Å². The lowest BCUT2D eigenvalue weighted by Gasteiger charge is -2.36. The fraction of sp³-hybridized carbons (Fsp3) is 0.588. The van der Waals surface area contributed by atoms with Crippen molar-refractivity contribution >= 4 is 29.1 Å². The van der Waals surface area contributed by atoms with Crippen LogP contribution in [-0.4, -0.2) is 38.3 Å². The average Bonchev–Trinajstić information content (AvgIpc) is 2.55. The Bertz CT molecular complexity index is 570. The van der Waals surface area contributed by atoms with Crippen molar-refractivity contribution in [1.82, 2.24) is 10.6 Å². The van der Waals surface area contributed by atoms with E-state index in [-0.39, 0.29) is 11.3 Å². The average molecular weight is 359 g/mol. The Balaban J connectivity index is 2.05. The first kappa shape index (κ1) is 18.5. The van der Waals surface area contributed by atoms with Crippen LogP contribution in [0.3, 0.4) is 0 Å². The predicted molar refractivity (Wildman–Crippen MR) is 94.3 cm³/mol. The maximum Gasteiger partial charge on any atom is 0.252 e. The third-order valence-electron chi connectivity index (χ3n) is 4.61. The molecule has 1 aromatic carbocycles. The third kappa shape index (κ3) is 4.18. The molecule has 0 atom stereocenters. The van der Waals surface area contributed by atoms with Crippen LogP contribution in [0.1, 0.15) is 32.3 Å². The highest BCUT2D eigenvalue weighted by Gasteiger charge is 2.40. The Hall–Kier alpha value is -0.810. The van der Waals surface area contributed by atoms with Gasteiger partial charge in [0, 0.05) is 19.1 Å². The summed E-state index contributed by atoms with van der Waals surface area (Å²) in [6.45, 7) is 6.21. The zero-order valence-corrected chi connectivity index (χ0v) is 15.4. The molecule has 2 rings (SSSR count). The highest BCUT2D eigenvalue weighted by atomic mass is 35.5. The van der Waals surface area contributed by atoms with Crippen molar-refractivity contribution in [2.75, 3.05) is 26.7 Å². The van der Waals surface area contributed by atoms with Gasteiger partial charge in [-0.05, 0) is 43.6 Å². The van der Waals surface area contributed by atoms with Gasteiger partial charge >= 0.3 is 0 Å². The van der Waals surface area contributed by atoms with Gasteiger partial charge in [0.15, 0.2) is 0 Å². The molecular weight excluding hydrogens is 335 g/mol. The van der Waals surface area contributed by atoms with Gasteiger partial charge in [0.05, 0.1) is 10.0 Å². The van der Waals surface area contributed by atoms with Crippen molar-refractivity contribution in [1.29, 1.82) is 0 Å². The van der Waals surface area contributed by atoms with Crippen LogP contribution in [0.5, 0.6) is 0 Å². The van der Waals surface area contributed by atoms with Crippen molar-refractivity contribution in [3.63, 3.8) is 0 Å². The van der Waals surface area contributed by atoms with E-state index in [0.29, 0.717) is 29.4 Å². The fourth-order valence-corrected chi connectivity index (χ4v) is 3.13. The van der Waals surface area contributed by atoms with Crippen LogP contribution in [0.25, 0.3) is 0 Å². The summed E-state index contributed by atoms with van der Waals surface area (Å²) >= 11 is 12.1. The zero-order chi connectivity index (χ0) is 17.1. The van der Waals surface area contributed by atoms with Gasteiger partial charge in [-0.25, -0.2) is 0 Å². The molecule has 0 unspecified atom stereocenters. The third-order valence-corrected chi connectivity index (χ3v) is 5.35. The first-order valence-corrected chi connectivity index (χ1v) is 8.56. The molecule has 1 aromatic rings. The van der Waals surface area contributed by atoms with Gasteiger partial charge in [-0.15, -0.1) is 0 Å². The van der Waals surface area contributed by atoms with Crippen molar-refractivity contribution in [2.45, 2.75) is 37.7 Å². The first-order chi connectivity index (χ1) is 10.8. The number of rotatable bonds is 5. The topological polar surface area (TPSA) is 50.4 Å². The molecule has 0 spiro atoms. The van der Waals surface area contributed by atoms with E-state index in [9.17, 15) is 4.79 Å². The second-order valence-electron chi connectivity index (χ2n) is 6.64. The Morgan fingerprint density at radius 3 is 2.52 bits per heavy atom.